The number of aryl methyl sites for hydroxylation is 1. The van der Waals surface area contributed by atoms with E-state index in [1.807, 2.05) is 18.4 Å². The van der Waals surface area contributed by atoms with Crippen molar-refractivity contribution in [2.75, 3.05) is 0 Å². The van der Waals surface area contributed by atoms with Crippen molar-refractivity contribution >= 4 is 34.5 Å². The molecule has 3 N–H and O–H groups in total. The van der Waals surface area contributed by atoms with E-state index >= 15 is 0 Å². The number of rotatable bonds is 3. The quantitative estimate of drug-likeness (QED) is 0.655. The zero-order chi connectivity index (χ0) is 10.8. The molecule has 0 aromatic carbocycles. The summed E-state index contributed by atoms with van der Waals surface area (Å²) < 4.78 is 3.89. The van der Waals surface area contributed by atoms with Crippen LogP contribution in [-0.2, 0) is 0 Å². The lowest BCUT2D eigenvalue weighted by molar-refractivity contribution is 0.651. The molecule has 0 saturated heterocycles. The number of hydrazine groups is 1. The first-order valence-electron chi connectivity index (χ1n) is 4.22. The van der Waals surface area contributed by atoms with Gasteiger partial charge in [0.1, 0.15) is 0 Å². The normalized spacial score (nSPS) is 13.0. The van der Waals surface area contributed by atoms with E-state index < -0.39 is 0 Å². The van der Waals surface area contributed by atoms with Crippen molar-refractivity contribution in [3.63, 3.8) is 0 Å². The fourth-order valence-corrected chi connectivity index (χ4v) is 3.31. The second kappa shape index (κ2) is 4.54. The van der Waals surface area contributed by atoms with Crippen LogP contribution in [0.5, 0.6) is 0 Å². The molecule has 0 radical (unpaired) electrons. The van der Waals surface area contributed by atoms with Gasteiger partial charge in [-0.15, -0.1) is 16.4 Å². The zero-order valence-electron chi connectivity index (χ0n) is 7.90. The Morgan fingerprint density at radius 2 is 2.33 bits per heavy atom. The van der Waals surface area contributed by atoms with Crippen LogP contribution in [0.25, 0.3) is 0 Å². The summed E-state index contributed by atoms with van der Waals surface area (Å²) in [6.07, 6.45) is 0. The number of hydrogen-bond acceptors (Lipinski definition) is 6. The minimum atomic E-state index is -0.113. The van der Waals surface area contributed by atoms with Crippen molar-refractivity contribution in [1.82, 2.24) is 15.0 Å². The Kier molecular flexibility index (Phi) is 3.32. The van der Waals surface area contributed by atoms with Gasteiger partial charge in [-0.3, -0.25) is 5.84 Å². The Balaban J connectivity index is 2.41. The maximum atomic E-state index is 6.06. The number of nitrogens with one attached hydrogen (secondary N) is 1. The average Bonchev–Trinajstić information content (AvgIpc) is 2.80. The van der Waals surface area contributed by atoms with Gasteiger partial charge in [-0.1, -0.05) is 16.1 Å². The molecule has 0 aliphatic carbocycles. The molecule has 0 spiro atoms. The van der Waals surface area contributed by atoms with Gasteiger partial charge in [0.25, 0.3) is 0 Å². The molecule has 0 amide bonds. The van der Waals surface area contributed by atoms with Crippen molar-refractivity contribution in [2.45, 2.75) is 13.0 Å². The zero-order valence-corrected chi connectivity index (χ0v) is 10.3. The summed E-state index contributed by atoms with van der Waals surface area (Å²) >= 11 is 8.96. The van der Waals surface area contributed by atoms with E-state index in [0.717, 1.165) is 20.5 Å². The number of nitrogens with two attached hydrogens (primary N) is 1. The van der Waals surface area contributed by atoms with Gasteiger partial charge in [0.15, 0.2) is 0 Å². The summed E-state index contributed by atoms with van der Waals surface area (Å²) in [6, 6.07) is 1.74. The molecule has 0 fully saturated rings. The highest BCUT2D eigenvalue weighted by atomic mass is 35.5. The van der Waals surface area contributed by atoms with Crippen LogP contribution < -0.4 is 11.3 Å². The van der Waals surface area contributed by atoms with E-state index in [9.17, 15) is 0 Å². The van der Waals surface area contributed by atoms with Crippen molar-refractivity contribution in [3.05, 3.63) is 31.9 Å². The van der Waals surface area contributed by atoms with Gasteiger partial charge in [-0.2, -0.15) is 0 Å². The lowest BCUT2D eigenvalue weighted by Crippen LogP contribution is -2.28. The second-order valence-electron chi connectivity index (χ2n) is 2.96. The van der Waals surface area contributed by atoms with Gasteiger partial charge in [0, 0.05) is 4.88 Å². The monoisotopic (exact) mass is 260 g/mol. The summed E-state index contributed by atoms with van der Waals surface area (Å²) in [5.74, 6) is 5.54. The molecule has 0 aliphatic rings. The molecule has 0 bridgehead atoms. The van der Waals surface area contributed by atoms with E-state index in [-0.39, 0.29) is 6.04 Å². The highest BCUT2D eigenvalue weighted by Crippen LogP contribution is 2.34. The molecule has 2 heterocycles. The molecule has 2 aromatic heterocycles. The summed E-state index contributed by atoms with van der Waals surface area (Å²) in [4.78, 5) is 2.00. The van der Waals surface area contributed by atoms with Gasteiger partial charge in [-0.05, 0) is 29.9 Å². The van der Waals surface area contributed by atoms with Gasteiger partial charge in [-0.25, -0.2) is 5.43 Å². The Hall–Kier alpha value is -0.530. The van der Waals surface area contributed by atoms with Crippen LogP contribution >= 0.6 is 34.5 Å². The molecule has 2 aromatic rings. The van der Waals surface area contributed by atoms with Crippen molar-refractivity contribution < 1.29 is 0 Å². The van der Waals surface area contributed by atoms with E-state index in [0.29, 0.717) is 0 Å². The predicted molar refractivity (Wildman–Crippen MR) is 63.1 cm³/mol. The Morgan fingerprint density at radius 1 is 1.53 bits per heavy atom. The van der Waals surface area contributed by atoms with Crippen LogP contribution in [0.4, 0.5) is 0 Å². The highest BCUT2D eigenvalue weighted by molar-refractivity contribution is 7.11. The summed E-state index contributed by atoms with van der Waals surface area (Å²) in [5.41, 5.74) is 3.63. The molecule has 4 nitrogen and oxygen atoms in total. The number of hydrogen-bond donors (Lipinski definition) is 2. The predicted octanol–water partition coefficient (Wildman–Crippen LogP) is 2.11. The number of thiophene rings is 1. The second-order valence-corrected chi connectivity index (χ2v) is 5.10. The fraction of sp³-hybridized carbons (Fsp3) is 0.250. The number of halogens is 1. The minimum Gasteiger partial charge on any atom is -0.271 e. The topological polar surface area (TPSA) is 63.8 Å². The van der Waals surface area contributed by atoms with Crippen LogP contribution in [-0.4, -0.2) is 9.59 Å². The molecule has 0 aliphatic heterocycles. The van der Waals surface area contributed by atoms with Crippen LogP contribution in [0.3, 0.4) is 0 Å². The molecular weight excluding hydrogens is 252 g/mol. The molecule has 15 heavy (non-hydrogen) atoms. The SMILES string of the molecule is Cc1nnsc1C(NN)c1sccc1Cl. The number of nitrogens with zero attached hydrogens (tertiary/aromatic N) is 2. The van der Waals surface area contributed by atoms with Crippen LogP contribution in [0.15, 0.2) is 11.4 Å². The molecule has 1 atom stereocenters. The highest BCUT2D eigenvalue weighted by Gasteiger charge is 2.21. The minimum absolute atomic E-state index is 0.113. The molecule has 7 heteroatoms. The summed E-state index contributed by atoms with van der Waals surface area (Å²) in [6.45, 7) is 1.91. The first-order chi connectivity index (χ1) is 7.24. The van der Waals surface area contributed by atoms with E-state index in [2.05, 4.69) is 15.0 Å². The summed E-state index contributed by atoms with van der Waals surface area (Å²) in [5, 5.41) is 6.61. The van der Waals surface area contributed by atoms with Gasteiger partial charge in [0.2, 0.25) is 0 Å². The maximum absolute atomic E-state index is 6.06. The third kappa shape index (κ3) is 2.04. The van der Waals surface area contributed by atoms with Crippen LogP contribution in [0.1, 0.15) is 21.5 Å². The molecule has 80 valence electrons. The molecular formula is C8H9ClN4S2. The van der Waals surface area contributed by atoms with E-state index in [1.54, 1.807) is 11.3 Å². The fourth-order valence-electron chi connectivity index (χ4n) is 1.28. The van der Waals surface area contributed by atoms with Crippen molar-refractivity contribution in [2.24, 2.45) is 5.84 Å². The summed E-state index contributed by atoms with van der Waals surface area (Å²) in [7, 11) is 0. The number of aromatic nitrogens is 2. The standard InChI is InChI=1S/C8H9ClN4S2/c1-4-7(15-13-12-4)6(11-10)8-5(9)2-3-14-8/h2-3,6,11H,10H2,1H3. The first kappa shape index (κ1) is 11.0. The Labute approximate surface area is 100 Å². The van der Waals surface area contributed by atoms with Gasteiger partial charge < -0.3 is 0 Å². The lowest BCUT2D eigenvalue weighted by Gasteiger charge is -2.12. The average molecular weight is 261 g/mol. The maximum Gasteiger partial charge on any atom is 0.0944 e. The van der Waals surface area contributed by atoms with Gasteiger partial charge >= 0.3 is 0 Å². The van der Waals surface area contributed by atoms with Crippen molar-refractivity contribution in [1.29, 1.82) is 0 Å². The largest absolute Gasteiger partial charge is 0.271 e. The Morgan fingerprint density at radius 3 is 2.80 bits per heavy atom. The van der Waals surface area contributed by atoms with Crippen LogP contribution in [0.2, 0.25) is 5.02 Å². The lowest BCUT2D eigenvalue weighted by atomic mass is 10.2. The smallest absolute Gasteiger partial charge is 0.0944 e. The van der Waals surface area contributed by atoms with Crippen LogP contribution in [0, 0.1) is 6.92 Å². The van der Waals surface area contributed by atoms with E-state index in [4.69, 9.17) is 17.4 Å². The Bertz CT molecular complexity index is 413. The first-order valence-corrected chi connectivity index (χ1v) is 6.25. The molecule has 1 unspecified atom stereocenters. The van der Waals surface area contributed by atoms with Crippen molar-refractivity contribution in [3.8, 4) is 0 Å². The third-order valence-corrected chi connectivity index (χ3v) is 4.34. The molecule has 2 rings (SSSR count). The molecule has 0 saturated carbocycles. The third-order valence-electron chi connectivity index (χ3n) is 2.02. The van der Waals surface area contributed by atoms with E-state index in [1.165, 1.54) is 11.5 Å². The van der Waals surface area contributed by atoms with Gasteiger partial charge in [0.05, 0.1) is 21.6 Å².